The highest BCUT2D eigenvalue weighted by molar-refractivity contribution is 7.79. The topological polar surface area (TPSA) is 95.5 Å². The summed E-state index contributed by atoms with van der Waals surface area (Å²) in [6.45, 7) is 3.66. The molecule has 5 atom stereocenters. The Morgan fingerprint density at radius 3 is 2.75 bits per heavy atom. The van der Waals surface area contributed by atoms with Gasteiger partial charge in [-0.1, -0.05) is 19.1 Å². The van der Waals surface area contributed by atoms with Crippen molar-refractivity contribution in [3.63, 3.8) is 0 Å². The van der Waals surface area contributed by atoms with Gasteiger partial charge in [0.05, 0.1) is 5.25 Å². The maximum atomic E-state index is 12.2. The standard InChI is InChI=1S/C13H20N2O4S/c1-8(7-9(2)20(18)19)10-5-3-4-6-13(10)11(16)14-12(17)15-13/h3,5,8-10H,4,6-7H2,1-2H3,(H,18,19)(H2,14,15,16,17). The molecule has 2 rings (SSSR count). The van der Waals surface area contributed by atoms with Crippen molar-refractivity contribution in [2.75, 3.05) is 0 Å². The highest BCUT2D eigenvalue weighted by Gasteiger charge is 2.52. The molecule has 1 heterocycles. The van der Waals surface area contributed by atoms with Gasteiger partial charge in [-0.25, -0.2) is 9.00 Å². The molecule has 1 fully saturated rings. The van der Waals surface area contributed by atoms with Gasteiger partial charge in [0.15, 0.2) is 11.1 Å². The summed E-state index contributed by atoms with van der Waals surface area (Å²) in [5.74, 6) is -0.433. The van der Waals surface area contributed by atoms with Gasteiger partial charge in [0.2, 0.25) is 0 Å². The number of carbonyl (C=O) groups is 2. The molecular weight excluding hydrogens is 280 g/mol. The minimum absolute atomic E-state index is 0.0156. The number of rotatable bonds is 4. The smallest absolute Gasteiger partial charge is 0.322 e. The van der Waals surface area contributed by atoms with Gasteiger partial charge in [-0.3, -0.25) is 10.1 Å². The molecule has 1 spiro atoms. The molecule has 0 radical (unpaired) electrons. The Balaban J connectivity index is 2.21. The minimum atomic E-state index is -1.88. The molecule has 3 N–H and O–H groups in total. The highest BCUT2D eigenvalue weighted by atomic mass is 32.2. The summed E-state index contributed by atoms with van der Waals surface area (Å²) in [4.78, 5) is 23.6. The van der Waals surface area contributed by atoms with E-state index in [9.17, 15) is 13.8 Å². The number of hydrogen-bond donors (Lipinski definition) is 3. The average molecular weight is 300 g/mol. The lowest BCUT2D eigenvalue weighted by molar-refractivity contribution is -0.126. The van der Waals surface area contributed by atoms with Gasteiger partial charge in [0.25, 0.3) is 5.91 Å². The number of amides is 3. The van der Waals surface area contributed by atoms with Crippen molar-refractivity contribution in [2.24, 2.45) is 11.8 Å². The Bertz CT molecular complexity index is 479. The third-order valence-electron chi connectivity index (χ3n) is 4.25. The second-order valence-electron chi connectivity index (χ2n) is 5.67. The van der Waals surface area contributed by atoms with E-state index in [-0.39, 0.29) is 23.0 Å². The maximum absolute atomic E-state index is 12.2. The molecule has 2 aliphatic rings. The van der Waals surface area contributed by atoms with Crippen molar-refractivity contribution in [3.8, 4) is 0 Å². The number of imide groups is 1. The summed E-state index contributed by atoms with van der Waals surface area (Å²) in [5, 5.41) is 4.71. The van der Waals surface area contributed by atoms with E-state index in [2.05, 4.69) is 10.6 Å². The molecule has 20 heavy (non-hydrogen) atoms. The average Bonchev–Trinajstić information content (AvgIpc) is 2.64. The molecule has 0 saturated carbocycles. The Kier molecular flexibility index (Phi) is 4.29. The zero-order valence-electron chi connectivity index (χ0n) is 11.6. The number of nitrogens with one attached hydrogen (secondary N) is 2. The van der Waals surface area contributed by atoms with E-state index in [1.54, 1.807) is 6.92 Å². The molecule has 0 aromatic carbocycles. The summed E-state index contributed by atoms with van der Waals surface area (Å²) in [7, 11) is 0. The highest BCUT2D eigenvalue weighted by Crippen LogP contribution is 2.38. The number of hydrogen-bond acceptors (Lipinski definition) is 3. The predicted molar refractivity (Wildman–Crippen MR) is 75.3 cm³/mol. The van der Waals surface area contributed by atoms with E-state index in [1.807, 2.05) is 19.1 Å². The summed E-state index contributed by atoms with van der Waals surface area (Å²) in [5.41, 5.74) is -0.901. The fourth-order valence-electron chi connectivity index (χ4n) is 3.23. The Morgan fingerprint density at radius 1 is 1.50 bits per heavy atom. The van der Waals surface area contributed by atoms with Crippen LogP contribution in [0.1, 0.15) is 33.1 Å². The van der Waals surface area contributed by atoms with E-state index in [1.165, 1.54) is 0 Å². The van der Waals surface area contributed by atoms with Gasteiger partial charge in [-0.05, 0) is 32.1 Å². The van der Waals surface area contributed by atoms with Crippen molar-refractivity contribution >= 4 is 23.0 Å². The van der Waals surface area contributed by atoms with Crippen LogP contribution in [-0.4, -0.2) is 31.5 Å². The molecule has 7 heteroatoms. The lowest BCUT2D eigenvalue weighted by Crippen LogP contribution is -2.55. The third-order valence-corrected chi connectivity index (χ3v) is 5.13. The largest absolute Gasteiger partial charge is 0.323 e. The van der Waals surface area contributed by atoms with Crippen LogP contribution in [0.2, 0.25) is 0 Å². The van der Waals surface area contributed by atoms with Crippen LogP contribution >= 0.6 is 0 Å². The molecule has 0 aromatic heterocycles. The number of carbonyl (C=O) groups excluding carboxylic acids is 2. The first-order chi connectivity index (χ1) is 9.36. The van der Waals surface area contributed by atoms with Gasteiger partial charge >= 0.3 is 6.03 Å². The Morgan fingerprint density at radius 2 is 2.20 bits per heavy atom. The van der Waals surface area contributed by atoms with Gasteiger partial charge in [0, 0.05) is 5.92 Å². The lowest BCUT2D eigenvalue weighted by Gasteiger charge is -2.39. The molecule has 112 valence electrons. The van der Waals surface area contributed by atoms with E-state index in [0.717, 1.165) is 6.42 Å². The van der Waals surface area contributed by atoms with Crippen LogP contribution in [0.25, 0.3) is 0 Å². The fraction of sp³-hybridized carbons (Fsp3) is 0.692. The quantitative estimate of drug-likeness (QED) is 0.412. The summed E-state index contributed by atoms with van der Waals surface area (Å²) in [6, 6.07) is -0.457. The van der Waals surface area contributed by atoms with Gasteiger partial charge in [-0.15, -0.1) is 0 Å². The lowest BCUT2D eigenvalue weighted by atomic mass is 9.69. The van der Waals surface area contributed by atoms with E-state index in [0.29, 0.717) is 12.8 Å². The van der Waals surface area contributed by atoms with Gasteiger partial charge < -0.3 is 9.87 Å². The van der Waals surface area contributed by atoms with Crippen molar-refractivity contribution in [3.05, 3.63) is 12.2 Å². The zero-order chi connectivity index (χ0) is 14.9. The fourth-order valence-corrected chi connectivity index (χ4v) is 3.70. The monoisotopic (exact) mass is 300 g/mol. The molecule has 6 nitrogen and oxygen atoms in total. The normalized spacial score (nSPS) is 33.6. The first-order valence-electron chi connectivity index (χ1n) is 6.76. The van der Waals surface area contributed by atoms with Crippen LogP contribution in [0.4, 0.5) is 4.79 Å². The second kappa shape index (κ2) is 5.65. The zero-order valence-corrected chi connectivity index (χ0v) is 12.4. The van der Waals surface area contributed by atoms with E-state index in [4.69, 9.17) is 4.55 Å². The van der Waals surface area contributed by atoms with E-state index < -0.39 is 22.7 Å². The van der Waals surface area contributed by atoms with Crippen LogP contribution in [0.3, 0.4) is 0 Å². The van der Waals surface area contributed by atoms with Crippen LogP contribution in [0.15, 0.2) is 12.2 Å². The molecule has 1 saturated heterocycles. The van der Waals surface area contributed by atoms with Crippen molar-refractivity contribution < 1.29 is 18.4 Å². The first-order valence-corrected chi connectivity index (χ1v) is 7.93. The molecule has 1 aliphatic heterocycles. The summed E-state index contributed by atoms with van der Waals surface area (Å²) < 4.78 is 20.2. The number of urea groups is 1. The maximum Gasteiger partial charge on any atom is 0.322 e. The predicted octanol–water partition coefficient (Wildman–Crippen LogP) is 1.17. The van der Waals surface area contributed by atoms with Crippen molar-refractivity contribution in [2.45, 2.75) is 43.9 Å². The first kappa shape index (κ1) is 15.2. The van der Waals surface area contributed by atoms with Crippen molar-refractivity contribution in [1.29, 1.82) is 0 Å². The molecule has 0 aromatic rings. The number of allylic oxidation sites excluding steroid dienone is 1. The van der Waals surface area contributed by atoms with E-state index >= 15 is 0 Å². The second-order valence-corrected chi connectivity index (χ2v) is 7.03. The Hall–Kier alpha value is -1.21. The third kappa shape index (κ3) is 2.64. The molecule has 5 unspecified atom stereocenters. The van der Waals surface area contributed by atoms with Gasteiger partial charge in [0.1, 0.15) is 5.54 Å². The SMILES string of the molecule is CC(CC(C)S(=O)O)C1C=CCCC12NC(=O)NC2=O. The molecule has 0 bridgehead atoms. The molecule has 3 amide bonds. The minimum Gasteiger partial charge on any atom is -0.323 e. The van der Waals surface area contributed by atoms with Crippen LogP contribution in [0.5, 0.6) is 0 Å². The Labute approximate surface area is 120 Å². The van der Waals surface area contributed by atoms with Crippen LogP contribution in [-0.2, 0) is 15.9 Å². The van der Waals surface area contributed by atoms with Crippen LogP contribution < -0.4 is 10.6 Å². The summed E-state index contributed by atoms with van der Waals surface area (Å²) >= 11 is -1.88. The molecule has 1 aliphatic carbocycles. The van der Waals surface area contributed by atoms with Crippen LogP contribution in [0, 0.1) is 11.8 Å². The van der Waals surface area contributed by atoms with Gasteiger partial charge in [-0.2, -0.15) is 0 Å². The van der Waals surface area contributed by atoms with Crippen molar-refractivity contribution in [1.82, 2.24) is 10.6 Å². The summed E-state index contributed by atoms with van der Waals surface area (Å²) in [6.07, 6.45) is 5.77. The molecular formula is C13H20N2O4S.